The predicted octanol–water partition coefficient (Wildman–Crippen LogP) is 3.98. The first-order valence-corrected chi connectivity index (χ1v) is 8.82. The van der Waals surface area contributed by atoms with Gasteiger partial charge in [0.2, 0.25) is 5.91 Å². The zero-order valence-electron chi connectivity index (χ0n) is 15.7. The smallest absolute Gasteiger partial charge is 0.271 e. The number of nitrogens with one attached hydrogen (secondary N) is 2. The fourth-order valence-corrected chi connectivity index (χ4v) is 2.75. The monoisotopic (exact) mass is 375 g/mol. The lowest BCUT2D eigenvalue weighted by Gasteiger charge is -2.09. The molecule has 0 saturated heterocycles. The molecule has 0 aliphatic rings. The number of methoxy groups -OCH3 is 1. The van der Waals surface area contributed by atoms with Gasteiger partial charge >= 0.3 is 0 Å². The third kappa shape index (κ3) is 4.73. The van der Waals surface area contributed by atoms with Gasteiger partial charge in [0.05, 0.1) is 13.5 Å². The molecule has 0 spiro atoms. The predicted molar refractivity (Wildman–Crippen MR) is 111 cm³/mol. The Morgan fingerprint density at radius 2 is 1.68 bits per heavy atom. The van der Waals surface area contributed by atoms with Crippen LogP contribution in [0.15, 0.2) is 71.8 Å². The molecule has 3 rings (SSSR count). The minimum absolute atomic E-state index is 0.0755. The Morgan fingerprint density at radius 3 is 2.43 bits per heavy atom. The van der Waals surface area contributed by atoms with Gasteiger partial charge in [-0.25, -0.2) is 5.43 Å². The van der Waals surface area contributed by atoms with E-state index in [1.54, 1.807) is 38.3 Å². The Hall–Kier alpha value is -3.67. The van der Waals surface area contributed by atoms with Gasteiger partial charge in [0.25, 0.3) is 5.91 Å². The molecule has 0 unspecified atom stereocenters. The molecule has 0 bridgehead atoms. The van der Waals surface area contributed by atoms with E-state index in [0.29, 0.717) is 17.0 Å². The Balaban J connectivity index is 1.59. The van der Waals surface area contributed by atoms with Crippen LogP contribution in [0.2, 0.25) is 0 Å². The molecule has 0 heterocycles. The van der Waals surface area contributed by atoms with Crippen molar-refractivity contribution in [1.29, 1.82) is 0 Å². The van der Waals surface area contributed by atoms with Crippen LogP contribution < -0.4 is 15.5 Å². The van der Waals surface area contributed by atoms with E-state index in [4.69, 9.17) is 4.74 Å². The summed E-state index contributed by atoms with van der Waals surface area (Å²) in [6.07, 6.45) is 0.0755. The molecule has 2 amide bonds. The minimum Gasteiger partial charge on any atom is -0.497 e. The van der Waals surface area contributed by atoms with Crippen LogP contribution in [-0.2, 0) is 4.79 Å². The van der Waals surface area contributed by atoms with E-state index in [9.17, 15) is 9.59 Å². The molecule has 142 valence electrons. The number of carbonyl (C=O) groups is 2. The van der Waals surface area contributed by atoms with Gasteiger partial charge < -0.3 is 10.1 Å². The summed E-state index contributed by atoms with van der Waals surface area (Å²) in [6, 6.07) is 20.3. The van der Waals surface area contributed by atoms with Gasteiger partial charge in [0, 0.05) is 22.3 Å². The van der Waals surface area contributed by atoms with Crippen molar-refractivity contribution in [3.05, 3.63) is 72.3 Å². The maximum atomic E-state index is 12.3. The SMILES string of the molecule is COc1ccc(C(=O)N/N=C(\C)CC(=O)Nc2cccc3ccccc23)cc1. The molecule has 0 saturated carbocycles. The molecular weight excluding hydrogens is 354 g/mol. The van der Waals surface area contributed by atoms with Crippen LogP contribution in [0.3, 0.4) is 0 Å². The largest absolute Gasteiger partial charge is 0.497 e. The number of hydrogen-bond acceptors (Lipinski definition) is 4. The molecule has 3 aromatic rings. The van der Waals surface area contributed by atoms with Crippen LogP contribution in [0, 0.1) is 0 Å². The van der Waals surface area contributed by atoms with E-state index in [1.165, 1.54) is 0 Å². The number of anilines is 1. The van der Waals surface area contributed by atoms with Gasteiger partial charge in [0.15, 0.2) is 0 Å². The molecule has 0 radical (unpaired) electrons. The molecule has 0 fully saturated rings. The van der Waals surface area contributed by atoms with Gasteiger partial charge in [-0.2, -0.15) is 5.10 Å². The number of benzene rings is 3. The first-order chi connectivity index (χ1) is 13.6. The number of fused-ring (bicyclic) bond motifs is 1. The average molecular weight is 375 g/mol. The summed E-state index contributed by atoms with van der Waals surface area (Å²) in [7, 11) is 1.56. The molecule has 3 aromatic carbocycles. The van der Waals surface area contributed by atoms with E-state index in [2.05, 4.69) is 15.8 Å². The Bertz CT molecular complexity index is 1020. The van der Waals surface area contributed by atoms with Crippen molar-refractivity contribution in [2.75, 3.05) is 12.4 Å². The Morgan fingerprint density at radius 1 is 0.964 bits per heavy atom. The van der Waals surface area contributed by atoms with Crippen LogP contribution in [0.1, 0.15) is 23.7 Å². The second kappa shape index (κ2) is 8.81. The van der Waals surface area contributed by atoms with Crippen molar-refractivity contribution in [1.82, 2.24) is 5.43 Å². The van der Waals surface area contributed by atoms with Crippen molar-refractivity contribution in [2.45, 2.75) is 13.3 Å². The van der Waals surface area contributed by atoms with E-state index in [0.717, 1.165) is 16.5 Å². The molecule has 6 heteroatoms. The van der Waals surface area contributed by atoms with E-state index in [-0.39, 0.29) is 18.2 Å². The minimum atomic E-state index is -0.350. The van der Waals surface area contributed by atoms with Gasteiger partial charge in [-0.15, -0.1) is 0 Å². The maximum absolute atomic E-state index is 12.3. The molecular formula is C22H21N3O3. The van der Waals surface area contributed by atoms with Crippen LogP contribution >= 0.6 is 0 Å². The summed E-state index contributed by atoms with van der Waals surface area (Å²) < 4.78 is 5.06. The number of amides is 2. The van der Waals surface area contributed by atoms with E-state index < -0.39 is 0 Å². The quantitative estimate of drug-likeness (QED) is 0.505. The molecule has 6 nitrogen and oxygen atoms in total. The Kier molecular flexibility index (Phi) is 6.01. The summed E-state index contributed by atoms with van der Waals surface area (Å²) in [4.78, 5) is 24.4. The summed E-state index contributed by atoms with van der Waals surface area (Å²) in [6.45, 7) is 1.69. The highest BCUT2D eigenvalue weighted by molar-refractivity contribution is 6.09. The molecule has 0 aromatic heterocycles. The van der Waals surface area contributed by atoms with Crippen molar-refractivity contribution >= 4 is 34.0 Å². The van der Waals surface area contributed by atoms with Crippen molar-refractivity contribution < 1.29 is 14.3 Å². The Labute approximate surface area is 163 Å². The number of carbonyl (C=O) groups excluding carboxylic acids is 2. The van der Waals surface area contributed by atoms with Crippen molar-refractivity contribution in [3.8, 4) is 5.75 Å². The summed E-state index contributed by atoms with van der Waals surface area (Å²) in [5, 5.41) is 8.94. The highest BCUT2D eigenvalue weighted by Crippen LogP contribution is 2.23. The number of rotatable bonds is 6. The van der Waals surface area contributed by atoms with Gasteiger partial charge in [-0.1, -0.05) is 36.4 Å². The normalized spacial score (nSPS) is 11.1. The number of hydrazone groups is 1. The van der Waals surface area contributed by atoms with Gasteiger partial charge in [0.1, 0.15) is 5.75 Å². The summed E-state index contributed by atoms with van der Waals surface area (Å²) in [5.41, 5.74) is 4.17. The van der Waals surface area contributed by atoms with Gasteiger partial charge in [-0.3, -0.25) is 9.59 Å². The second-order valence-electron chi connectivity index (χ2n) is 6.27. The second-order valence-corrected chi connectivity index (χ2v) is 6.27. The number of ether oxygens (including phenoxy) is 1. The van der Waals surface area contributed by atoms with Crippen LogP contribution in [0.25, 0.3) is 10.8 Å². The first kappa shape index (κ1) is 19.1. The lowest BCUT2D eigenvalue weighted by atomic mass is 10.1. The highest BCUT2D eigenvalue weighted by atomic mass is 16.5. The van der Waals surface area contributed by atoms with Crippen LogP contribution in [-0.4, -0.2) is 24.6 Å². The fourth-order valence-electron chi connectivity index (χ4n) is 2.75. The zero-order valence-corrected chi connectivity index (χ0v) is 15.7. The van der Waals surface area contributed by atoms with Crippen LogP contribution in [0.4, 0.5) is 5.69 Å². The highest BCUT2D eigenvalue weighted by Gasteiger charge is 2.09. The lowest BCUT2D eigenvalue weighted by Crippen LogP contribution is -2.21. The summed E-state index contributed by atoms with van der Waals surface area (Å²) in [5.74, 6) is 0.120. The summed E-state index contributed by atoms with van der Waals surface area (Å²) >= 11 is 0. The zero-order chi connectivity index (χ0) is 19.9. The molecule has 0 atom stereocenters. The molecule has 0 aliphatic carbocycles. The third-order valence-corrected chi connectivity index (χ3v) is 4.18. The first-order valence-electron chi connectivity index (χ1n) is 8.82. The van der Waals surface area contributed by atoms with E-state index >= 15 is 0 Å². The maximum Gasteiger partial charge on any atom is 0.271 e. The fraction of sp³-hybridized carbons (Fsp3) is 0.136. The molecule has 2 N–H and O–H groups in total. The topological polar surface area (TPSA) is 79.8 Å². The average Bonchev–Trinajstić information content (AvgIpc) is 2.72. The molecule has 28 heavy (non-hydrogen) atoms. The van der Waals surface area contributed by atoms with Crippen molar-refractivity contribution in [2.24, 2.45) is 5.10 Å². The number of hydrogen-bond donors (Lipinski definition) is 2. The van der Waals surface area contributed by atoms with Crippen molar-refractivity contribution in [3.63, 3.8) is 0 Å². The number of nitrogens with zero attached hydrogens (tertiary/aromatic N) is 1. The lowest BCUT2D eigenvalue weighted by molar-refractivity contribution is -0.115. The third-order valence-electron chi connectivity index (χ3n) is 4.18. The van der Waals surface area contributed by atoms with Gasteiger partial charge in [-0.05, 0) is 42.6 Å². The van der Waals surface area contributed by atoms with Crippen LogP contribution in [0.5, 0.6) is 5.75 Å². The van der Waals surface area contributed by atoms with E-state index in [1.807, 2.05) is 42.5 Å². The molecule has 0 aliphatic heterocycles. The standard InChI is InChI=1S/C22H21N3O3/c1-15(24-25-22(27)17-10-12-18(28-2)13-11-17)14-21(26)23-20-9-5-7-16-6-3-4-8-19(16)20/h3-13H,14H2,1-2H3,(H,23,26)(H,25,27)/b24-15+.